The summed E-state index contributed by atoms with van der Waals surface area (Å²) in [7, 11) is 0. The summed E-state index contributed by atoms with van der Waals surface area (Å²) in [5.41, 5.74) is 3.86. The average molecular weight is 348 g/mol. The van der Waals surface area contributed by atoms with Gasteiger partial charge < -0.3 is 15.0 Å². The van der Waals surface area contributed by atoms with Crippen molar-refractivity contribution in [2.45, 2.75) is 31.9 Å². The van der Waals surface area contributed by atoms with Gasteiger partial charge in [0.05, 0.1) is 6.61 Å². The predicted molar refractivity (Wildman–Crippen MR) is 105 cm³/mol. The first kappa shape index (κ1) is 16.9. The van der Waals surface area contributed by atoms with Gasteiger partial charge in [-0.05, 0) is 35.4 Å². The topological polar surface area (TPSA) is 41.6 Å². The van der Waals surface area contributed by atoms with Crippen LogP contribution in [0, 0.1) is 0 Å². The molecule has 26 heavy (non-hydrogen) atoms. The summed E-state index contributed by atoms with van der Waals surface area (Å²) in [6.07, 6.45) is 4.30. The van der Waals surface area contributed by atoms with E-state index in [-0.39, 0.29) is 11.3 Å². The van der Waals surface area contributed by atoms with Crippen molar-refractivity contribution in [2.24, 2.45) is 0 Å². The van der Waals surface area contributed by atoms with E-state index in [1.54, 1.807) is 0 Å². The van der Waals surface area contributed by atoms with E-state index in [0.29, 0.717) is 0 Å². The Morgan fingerprint density at radius 2 is 1.88 bits per heavy atom. The van der Waals surface area contributed by atoms with Gasteiger partial charge in [0, 0.05) is 30.3 Å². The molecule has 0 aromatic heterocycles. The summed E-state index contributed by atoms with van der Waals surface area (Å²) < 4.78 is 6.34. The van der Waals surface area contributed by atoms with Crippen molar-refractivity contribution < 1.29 is 9.53 Å². The number of hydrogen-bond donors (Lipinski definition) is 1. The molecule has 0 saturated carbocycles. The number of fused-ring (bicyclic) bond motifs is 3. The van der Waals surface area contributed by atoms with E-state index in [9.17, 15) is 4.79 Å². The molecule has 0 aliphatic carbocycles. The number of carbonyl (C=O) groups excluding carboxylic acids is 1. The predicted octanol–water partition coefficient (Wildman–Crippen LogP) is 4.18. The number of nitrogens with one attached hydrogen (secondary N) is 1. The highest BCUT2D eigenvalue weighted by Gasteiger charge is 2.58. The zero-order valence-corrected chi connectivity index (χ0v) is 15.5. The van der Waals surface area contributed by atoms with Crippen molar-refractivity contribution >= 4 is 23.4 Å². The number of anilines is 2. The van der Waals surface area contributed by atoms with Crippen LogP contribution in [-0.2, 0) is 14.9 Å². The van der Waals surface area contributed by atoms with E-state index < -0.39 is 5.72 Å². The third-order valence-electron chi connectivity index (χ3n) is 5.53. The van der Waals surface area contributed by atoms with Gasteiger partial charge >= 0.3 is 0 Å². The third-order valence-corrected chi connectivity index (χ3v) is 5.53. The summed E-state index contributed by atoms with van der Waals surface area (Å²) in [6, 6.07) is 16.4. The van der Waals surface area contributed by atoms with E-state index in [0.717, 1.165) is 24.4 Å². The molecule has 2 aromatic rings. The molecule has 1 atom stereocenters. The lowest BCUT2D eigenvalue weighted by Gasteiger charge is -2.39. The molecule has 1 amide bonds. The number of amides is 1. The maximum Gasteiger partial charge on any atom is 0.221 e. The SMILES string of the molecule is CC(=O)Nc1ccc(/C=C/C23OCCN2c2ccccc2C3(C)C)cc1. The van der Waals surface area contributed by atoms with Crippen molar-refractivity contribution in [3.63, 3.8) is 0 Å². The summed E-state index contributed by atoms with van der Waals surface area (Å²) in [6.45, 7) is 7.64. The molecule has 1 fully saturated rings. The third kappa shape index (κ3) is 2.44. The van der Waals surface area contributed by atoms with E-state index in [1.807, 2.05) is 24.3 Å². The lowest BCUT2D eigenvalue weighted by molar-refractivity contribution is -0.114. The van der Waals surface area contributed by atoms with Gasteiger partial charge in [0.1, 0.15) is 0 Å². The molecule has 0 radical (unpaired) electrons. The van der Waals surface area contributed by atoms with Gasteiger partial charge in [-0.3, -0.25) is 4.79 Å². The molecule has 4 rings (SSSR count). The van der Waals surface area contributed by atoms with Gasteiger partial charge in [0.25, 0.3) is 0 Å². The second-order valence-electron chi connectivity index (χ2n) is 7.48. The van der Waals surface area contributed by atoms with Gasteiger partial charge in [-0.2, -0.15) is 0 Å². The number of carbonyl (C=O) groups is 1. The quantitative estimate of drug-likeness (QED) is 0.905. The molecular formula is C22H24N2O2. The first-order chi connectivity index (χ1) is 12.4. The van der Waals surface area contributed by atoms with Crippen LogP contribution in [-0.4, -0.2) is 24.8 Å². The van der Waals surface area contributed by atoms with Crippen molar-refractivity contribution in [3.05, 3.63) is 65.7 Å². The molecule has 0 bridgehead atoms. The lowest BCUT2D eigenvalue weighted by atomic mass is 9.77. The fraction of sp³-hybridized carbons (Fsp3) is 0.318. The zero-order valence-electron chi connectivity index (χ0n) is 15.5. The molecule has 4 nitrogen and oxygen atoms in total. The Kier molecular flexibility index (Phi) is 3.88. The molecule has 2 heterocycles. The van der Waals surface area contributed by atoms with Gasteiger partial charge in [0.2, 0.25) is 5.91 Å². The molecule has 4 heteroatoms. The number of hydrogen-bond acceptors (Lipinski definition) is 3. The van der Waals surface area contributed by atoms with Crippen LogP contribution in [0.1, 0.15) is 31.9 Å². The number of benzene rings is 2. The molecule has 134 valence electrons. The molecule has 1 saturated heterocycles. The highest BCUT2D eigenvalue weighted by Crippen LogP contribution is 2.54. The van der Waals surface area contributed by atoms with E-state index in [2.05, 4.69) is 60.5 Å². The summed E-state index contributed by atoms with van der Waals surface area (Å²) in [5.74, 6) is -0.0624. The minimum atomic E-state index is -0.465. The van der Waals surface area contributed by atoms with E-state index >= 15 is 0 Å². The summed E-state index contributed by atoms with van der Waals surface area (Å²) >= 11 is 0. The average Bonchev–Trinajstić information content (AvgIpc) is 3.12. The van der Waals surface area contributed by atoms with Gasteiger partial charge in [0.15, 0.2) is 5.72 Å². The van der Waals surface area contributed by atoms with Crippen LogP contribution in [0.5, 0.6) is 0 Å². The molecule has 2 aliphatic heterocycles. The van der Waals surface area contributed by atoms with Crippen LogP contribution in [0.25, 0.3) is 6.08 Å². The molecule has 0 spiro atoms. The fourth-order valence-electron chi connectivity index (χ4n) is 4.22. The van der Waals surface area contributed by atoms with Gasteiger partial charge in [-0.15, -0.1) is 0 Å². The first-order valence-electron chi connectivity index (χ1n) is 9.02. The van der Waals surface area contributed by atoms with Crippen LogP contribution in [0.2, 0.25) is 0 Å². The molecule has 1 unspecified atom stereocenters. The Morgan fingerprint density at radius 1 is 1.15 bits per heavy atom. The van der Waals surface area contributed by atoms with Crippen LogP contribution in [0.15, 0.2) is 54.6 Å². The van der Waals surface area contributed by atoms with Gasteiger partial charge in [-0.1, -0.05) is 50.3 Å². The fourth-order valence-corrected chi connectivity index (χ4v) is 4.22. The molecule has 2 aliphatic rings. The highest BCUT2D eigenvalue weighted by atomic mass is 16.5. The highest BCUT2D eigenvalue weighted by molar-refractivity contribution is 5.88. The van der Waals surface area contributed by atoms with E-state index in [1.165, 1.54) is 18.2 Å². The standard InChI is InChI=1S/C22H24N2O2/c1-16(25)23-18-10-8-17(9-11-18)12-13-22-21(2,3)19-6-4-5-7-20(19)24(22)14-15-26-22/h4-13H,14-15H2,1-3H3,(H,23,25)/b13-12+. The summed E-state index contributed by atoms with van der Waals surface area (Å²) in [5, 5.41) is 2.79. The van der Waals surface area contributed by atoms with Crippen molar-refractivity contribution in [2.75, 3.05) is 23.4 Å². The van der Waals surface area contributed by atoms with Crippen LogP contribution in [0.4, 0.5) is 11.4 Å². The number of para-hydroxylation sites is 1. The Balaban J connectivity index is 1.67. The lowest BCUT2D eigenvalue weighted by Crippen LogP contribution is -2.51. The van der Waals surface area contributed by atoms with Crippen molar-refractivity contribution in [3.8, 4) is 0 Å². The maximum absolute atomic E-state index is 11.2. The van der Waals surface area contributed by atoms with Crippen molar-refractivity contribution in [1.29, 1.82) is 0 Å². The molecular weight excluding hydrogens is 324 g/mol. The van der Waals surface area contributed by atoms with Gasteiger partial charge in [-0.25, -0.2) is 0 Å². The first-order valence-corrected chi connectivity index (χ1v) is 9.02. The Morgan fingerprint density at radius 3 is 2.62 bits per heavy atom. The minimum Gasteiger partial charge on any atom is -0.349 e. The normalized spacial score (nSPS) is 23.1. The largest absolute Gasteiger partial charge is 0.349 e. The Bertz CT molecular complexity index is 870. The van der Waals surface area contributed by atoms with Crippen LogP contribution < -0.4 is 10.2 Å². The van der Waals surface area contributed by atoms with Crippen LogP contribution >= 0.6 is 0 Å². The van der Waals surface area contributed by atoms with E-state index in [4.69, 9.17) is 4.74 Å². The smallest absolute Gasteiger partial charge is 0.221 e. The second kappa shape index (κ2) is 5.99. The number of ether oxygens (including phenoxy) is 1. The monoisotopic (exact) mass is 348 g/mol. The number of nitrogens with zero attached hydrogens (tertiary/aromatic N) is 1. The van der Waals surface area contributed by atoms with Crippen LogP contribution in [0.3, 0.4) is 0 Å². The zero-order chi connectivity index (χ0) is 18.4. The Hall–Kier alpha value is -2.59. The Labute approximate surface area is 154 Å². The minimum absolute atomic E-state index is 0.0624. The molecule has 1 N–H and O–H groups in total. The summed E-state index contributed by atoms with van der Waals surface area (Å²) in [4.78, 5) is 13.5. The number of rotatable bonds is 3. The maximum atomic E-state index is 11.2. The van der Waals surface area contributed by atoms with Crippen molar-refractivity contribution in [1.82, 2.24) is 0 Å². The second-order valence-corrected chi connectivity index (χ2v) is 7.48. The molecule has 2 aromatic carbocycles.